The van der Waals surface area contributed by atoms with Gasteiger partial charge in [-0.05, 0) is 84.9 Å². The summed E-state index contributed by atoms with van der Waals surface area (Å²) < 4.78 is 24.1. The van der Waals surface area contributed by atoms with Crippen LogP contribution in [0.5, 0.6) is 11.5 Å². The summed E-state index contributed by atoms with van der Waals surface area (Å²) in [5.41, 5.74) is 6.99. The van der Waals surface area contributed by atoms with E-state index in [-0.39, 0.29) is 0 Å². The third kappa shape index (κ3) is 28.0. The minimum atomic E-state index is 0.310. The van der Waals surface area contributed by atoms with Crippen molar-refractivity contribution in [1.82, 2.24) is 29.7 Å². The Kier molecular flexibility index (Phi) is 36.7. The van der Waals surface area contributed by atoms with Crippen molar-refractivity contribution in [3.05, 3.63) is 160 Å². The van der Waals surface area contributed by atoms with Crippen molar-refractivity contribution in [1.29, 1.82) is 0 Å². The number of aldehydes is 2. The number of ether oxygens (including phenoxy) is 5. The summed E-state index contributed by atoms with van der Waals surface area (Å²) >= 11 is 0. The molecule has 0 spiro atoms. The minimum Gasteiger partial charge on any atom is -0.493 e. The number of aromatic nitrogens is 3. The molecule has 0 saturated heterocycles. The average molecular weight is 1020 g/mol. The molecule has 3 aromatic heterocycles. The highest BCUT2D eigenvalue weighted by Crippen LogP contribution is 2.17. The molecule has 2 aromatic carbocycles. The summed E-state index contributed by atoms with van der Waals surface area (Å²) in [6, 6.07) is 28.4. The Balaban J connectivity index is 0.00000197. The van der Waals surface area contributed by atoms with E-state index < -0.39 is 0 Å². The van der Waals surface area contributed by atoms with E-state index in [9.17, 15) is 9.59 Å². The molecule has 1 aliphatic rings. The first-order valence-corrected chi connectivity index (χ1v) is 24.9. The highest BCUT2D eigenvalue weighted by molar-refractivity contribution is 5.73. The van der Waals surface area contributed by atoms with Gasteiger partial charge in [0.15, 0.2) is 12.6 Å². The third-order valence-corrected chi connectivity index (χ3v) is 9.74. The maximum Gasteiger partial charge on any atom is 0.168 e. The van der Waals surface area contributed by atoms with Crippen molar-refractivity contribution in [2.24, 2.45) is 0 Å². The SMILES string of the molecule is C#CCCOc1ccc(C#Cc2cc(C=O)nc(CN3CCN(CC=C)Cc4cccc(n4)CN(Cc4cc(C#Cc5ccc(OCCC#C)cc5)cc(C=O)n4)CC3)c2)cc1.CC.CC.COC.COC.COC. The zero-order valence-electron chi connectivity index (χ0n) is 46.0. The summed E-state index contributed by atoms with van der Waals surface area (Å²) in [5, 5.41) is 0. The number of fused-ring (bicyclic) bond motifs is 2. The van der Waals surface area contributed by atoms with Gasteiger partial charge in [-0.15, -0.1) is 31.3 Å². The molecule has 0 atom stereocenters. The Bertz CT molecular complexity index is 2600. The molecule has 0 fully saturated rings. The van der Waals surface area contributed by atoms with Gasteiger partial charge in [-0.2, -0.15) is 0 Å². The zero-order valence-corrected chi connectivity index (χ0v) is 46.0. The summed E-state index contributed by atoms with van der Waals surface area (Å²) in [4.78, 5) is 45.6. The van der Waals surface area contributed by atoms with E-state index in [4.69, 9.17) is 32.3 Å². The summed E-state index contributed by atoms with van der Waals surface area (Å²) in [5.74, 6) is 19.4. The van der Waals surface area contributed by atoms with Crippen LogP contribution >= 0.6 is 0 Å². The molecule has 0 unspecified atom stereocenters. The Morgan fingerprint density at radius 2 is 0.907 bits per heavy atom. The number of carbonyl (C=O) groups is 2. The third-order valence-electron chi connectivity index (χ3n) is 9.74. The van der Waals surface area contributed by atoms with E-state index in [0.717, 1.165) is 71.1 Å². The molecular formula is C62H78N6O7. The Hall–Kier alpha value is -7.43. The molecule has 0 N–H and O–H groups in total. The number of hydrogen-bond donors (Lipinski definition) is 0. The first-order valence-electron chi connectivity index (χ1n) is 24.9. The molecule has 0 radical (unpaired) electrons. The molecule has 75 heavy (non-hydrogen) atoms. The minimum absolute atomic E-state index is 0.310. The van der Waals surface area contributed by atoms with Crippen LogP contribution in [0.4, 0.5) is 0 Å². The number of nitrogens with zero attached hydrogens (tertiary/aromatic N) is 6. The van der Waals surface area contributed by atoms with Gasteiger partial charge < -0.3 is 23.7 Å². The quantitative estimate of drug-likeness (QED) is 0.0454. The van der Waals surface area contributed by atoms with Gasteiger partial charge in [0, 0.05) is 137 Å². The summed E-state index contributed by atoms with van der Waals surface area (Å²) in [7, 11) is 9.75. The predicted octanol–water partition coefficient (Wildman–Crippen LogP) is 9.45. The van der Waals surface area contributed by atoms with Gasteiger partial charge in [-0.3, -0.25) is 29.3 Å². The van der Waals surface area contributed by atoms with Crippen molar-refractivity contribution in [3.8, 4) is 59.9 Å². The Labute approximate surface area is 449 Å². The number of hydrogen-bond acceptors (Lipinski definition) is 13. The fourth-order valence-electron chi connectivity index (χ4n) is 6.75. The second-order valence-electron chi connectivity index (χ2n) is 15.8. The van der Waals surface area contributed by atoms with Crippen molar-refractivity contribution < 1.29 is 33.3 Å². The van der Waals surface area contributed by atoms with Crippen LogP contribution in [0, 0.1) is 48.4 Å². The van der Waals surface area contributed by atoms with E-state index in [1.807, 2.05) is 113 Å². The van der Waals surface area contributed by atoms with E-state index in [0.29, 0.717) is 94.4 Å². The standard InChI is InChI=1S/C52H48N6O4.3C2H6O.2C2H6/c1-4-7-29-61-51-20-16-41(17-21-51)12-14-43-31-47(54-49(33-43)39-59)37-57-26-25-56(24-6-3)35-45-10-9-11-46(53-45)36-58(28-27-57)38-48-32-44(34-50(40-60)55-48)15-13-42-18-22-52(23-19-42)62-30-8-5-2;3*1-3-2;2*1-2/h1-2,6,9-11,16-23,31-34,39-40H,3,7-8,24-30,35-38H2;3*1-2H3;2*1-2H3. The first kappa shape index (κ1) is 65.6. The lowest BCUT2D eigenvalue weighted by Crippen LogP contribution is -2.40. The zero-order chi connectivity index (χ0) is 55.5. The summed E-state index contributed by atoms with van der Waals surface area (Å²) in [6.07, 6.45) is 15.2. The molecular weight excluding hydrogens is 941 g/mol. The fourth-order valence-corrected chi connectivity index (χ4v) is 6.75. The maximum atomic E-state index is 12.1. The molecule has 0 aliphatic carbocycles. The lowest BCUT2D eigenvalue weighted by molar-refractivity contribution is 0.111. The second-order valence-corrected chi connectivity index (χ2v) is 15.8. The van der Waals surface area contributed by atoms with E-state index >= 15 is 0 Å². The van der Waals surface area contributed by atoms with E-state index in [2.05, 4.69) is 76.0 Å². The molecule has 0 amide bonds. The Morgan fingerprint density at radius 3 is 1.31 bits per heavy atom. The summed E-state index contributed by atoms with van der Waals surface area (Å²) in [6.45, 7) is 18.6. The van der Waals surface area contributed by atoms with Crippen molar-refractivity contribution in [2.75, 3.05) is 88.6 Å². The van der Waals surface area contributed by atoms with Gasteiger partial charge in [0.1, 0.15) is 22.9 Å². The van der Waals surface area contributed by atoms with Crippen LogP contribution in [0.15, 0.2) is 104 Å². The van der Waals surface area contributed by atoms with E-state index in [1.165, 1.54) is 0 Å². The van der Waals surface area contributed by atoms with Crippen molar-refractivity contribution >= 4 is 12.6 Å². The Morgan fingerprint density at radius 1 is 0.533 bits per heavy atom. The molecule has 5 aromatic rings. The number of benzene rings is 2. The largest absolute Gasteiger partial charge is 0.493 e. The van der Waals surface area contributed by atoms with Crippen LogP contribution in [0.3, 0.4) is 0 Å². The van der Waals surface area contributed by atoms with Gasteiger partial charge in [0.25, 0.3) is 0 Å². The molecule has 2 bridgehead atoms. The maximum absolute atomic E-state index is 12.1. The molecule has 6 rings (SSSR count). The number of pyridine rings is 3. The molecule has 1 aliphatic heterocycles. The van der Waals surface area contributed by atoms with Crippen LogP contribution in [0.25, 0.3) is 0 Å². The van der Waals surface area contributed by atoms with Crippen molar-refractivity contribution in [3.63, 3.8) is 0 Å². The predicted molar refractivity (Wildman–Crippen MR) is 303 cm³/mol. The second kappa shape index (κ2) is 42.0. The first-order chi connectivity index (χ1) is 36.6. The van der Waals surface area contributed by atoms with Crippen LogP contribution in [0.2, 0.25) is 0 Å². The van der Waals surface area contributed by atoms with Crippen LogP contribution in [0.1, 0.15) is 107 Å². The highest BCUT2D eigenvalue weighted by atomic mass is 16.5. The van der Waals surface area contributed by atoms with Crippen LogP contribution < -0.4 is 9.47 Å². The number of rotatable bonds is 14. The lowest BCUT2D eigenvalue weighted by atomic mass is 10.1. The monoisotopic (exact) mass is 1020 g/mol. The van der Waals surface area contributed by atoms with Crippen LogP contribution in [-0.4, -0.2) is 131 Å². The number of methoxy groups -OCH3 is 3. The smallest absolute Gasteiger partial charge is 0.168 e. The molecule has 4 heterocycles. The topological polar surface area (TPSA) is 129 Å². The van der Waals surface area contributed by atoms with E-state index in [1.54, 1.807) is 54.8 Å². The lowest BCUT2D eigenvalue weighted by Gasteiger charge is -2.31. The number of terminal acetylenes is 2. The van der Waals surface area contributed by atoms with Gasteiger partial charge in [-0.1, -0.05) is 63.5 Å². The normalized spacial score (nSPS) is 11.8. The fraction of sp³-hybridized carbons (Fsp3) is 0.371. The highest BCUT2D eigenvalue weighted by Gasteiger charge is 2.18. The van der Waals surface area contributed by atoms with Gasteiger partial charge in [-0.25, -0.2) is 9.97 Å². The van der Waals surface area contributed by atoms with Crippen molar-refractivity contribution in [2.45, 2.75) is 66.7 Å². The molecule has 13 nitrogen and oxygen atoms in total. The van der Waals surface area contributed by atoms with Gasteiger partial charge in [0.2, 0.25) is 0 Å². The molecule has 398 valence electrons. The molecule has 0 saturated carbocycles. The molecule has 13 heteroatoms. The average Bonchev–Trinajstić information content (AvgIpc) is 3.42. The van der Waals surface area contributed by atoms with Crippen LogP contribution in [-0.2, 0) is 40.4 Å². The van der Waals surface area contributed by atoms with Gasteiger partial charge in [0.05, 0.1) is 36.0 Å². The van der Waals surface area contributed by atoms with Gasteiger partial charge >= 0.3 is 0 Å². The number of carbonyl (C=O) groups excluding carboxylic acids is 2.